The number of fused-ring (bicyclic) bond motifs is 7. The highest BCUT2D eigenvalue weighted by Crippen LogP contribution is 2.36. The second kappa shape index (κ2) is 17.8. The molecule has 2 saturated heterocycles. The summed E-state index contributed by atoms with van der Waals surface area (Å²) in [6.45, 7) is 7.58. The first-order valence-corrected chi connectivity index (χ1v) is 20.9. The normalized spacial score (nSPS) is 20.5. The van der Waals surface area contributed by atoms with E-state index >= 15 is 8.78 Å². The van der Waals surface area contributed by atoms with Gasteiger partial charge in [-0.25, -0.2) is 13.5 Å². The summed E-state index contributed by atoms with van der Waals surface area (Å²) >= 11 is 0. The number of guanidine groups is 1. The molecule has 0 aliphatic carbocycles. The molecule has 6 heterocycles. The Morgan fingerprint density at radius 3 is 2.54 bits per heavy atom. The number of aliphatic imine (C=N–C) groups is 1. The number of halogens is 2. The SMILES string of the molecule is Cc1cc2cc(n1)-c1cnn(C)c1OCCC[C@@H](C)CN1/C(=N/C2=O)Nc2ccc(CNCCNC(=O)C3CCN(c4cc(F)c([C@H]5CCC(=O)NC5=O)c(F)c4)CC3)cc21. The first kappa shape index (κ1) is 41.5. The third kappa shape index (κ3) is 9.11. The van der Waals surface area contributed by atoms with Crippen molar-refractivity contribution in [2.45, 2.75) is 64.8 Å². The van der Waals surface area contributed by atoms with Crippen molar-refractivity contribution in [1.29, 1.82) is 0 Å². The van der Waals surface area contributed by atoms with E-state index in [4.69, 9.17) is 4.74 Å². The van der Waals surface area contributed by atoms with Crippen LogP contribution >= 0.6 is 0 Å². The lowest BCUT2D eigenvalue weighted by atomic mass is 9.89. The van der Waals surface area contributed by atoms with Crippen LogP contribution in [0.2, 0.25) is 0 Å². The minimum absolute atomic E-state index is 0.0255. The van der Waals surface area contributed by atoms with Crippen molar-refractivity contribution in [3.63, 3.8) is 0 Å². The van der Waals surface area contributed by atoms with Crippen molar-refractivity contribution in [2.24, 2.45) is 23.9 Å². The molecule has 61 heavy (non-hydrogen) atoms. The first-order chi connectivity index (χ1) is 29.4. The third-order valence-corrected chi connectivity index (χ3v) is 11.8. The number of aryl methyl sites for hydroxylation is 2. The summed E-state index contributed by atoms with van der Waals surface area (Å²) in [6.07, 6.45) is 4.55. The van der Waals surface area contributed by atoms with Gasteiger partial charge in [-0.3, -0.25) is 29.5 Å². The minimum atomic E-state index is -1.05. The number of piperidine rings is 2. The highest BCUT2D eigenvalue weighted by Gasteiger charge is 2.34. The smallest absolute Gasteiger partial charge is 0.280 e. The molecule has 2 fully saturated rings. The van der Waals surface area contributed by atoms with Crippen LogP contribution in [0.3, 0.4) is 0 Å². The van der Waals surface area contributed by atoms with Crippen LogP contribution in [0.15, 0.2) is 53.7 Å². The number of imide groups is 1. The fraction of sp³-hybridized carbons (Fsp3) is 0.432. The molecular formula is C44H50F2N10O5. The number of amides is 4. The third-order valence-electron chi connectivity index (χ3n) is 11.8. The van der Waals surface area contributed by atoms with Crippen molar-refractivity contribution in [3.05, 3.63) is 82.7 Å². The van der Waals surface area contributed by atoms with Crippen LogP contribution in [0.1, 0.15) is 78.5 Å². The van der Waals surface area contributed by atoms with Gasteiger partial charge in [0.15, 0.2) is 0 Å². The van der Waals surface area contributed by atoms with E-state index in [0.717, 1.165) is 35.3 Å². The standard InChI is InChI=1S/C44H50F2N10O5/c1-25-5-4-16-61-43-32(23-49-54(43)3)36-19-29(17-26(2)50-36)41(59)53-44-51-35-8-6-27(18-37(35)56(44)24-25)22-47-12-13-48-40(58)28-10-14-55(15-11-28)30-20-33(45)39(34(46)21-30)31-7-9-38(57)52-42(31)60/h6,8,17-21,23,25,28,31,47H,4-5,7,9-16,22,24H2,1-3H3,(H,48,58)(H,51,53,59)(H,52,57,60)/t25-,31-/m1/s1. The van der Waals surface area contributed by atoms with Gasteiger partial charge in [0.1, 0.15) is 11.6 Å². The molecule has 4 amide bonds. The molecular weight excluding hydrogens is 787 g/mol. The molecule has 2 atom stereocenters. The van der Waals surface area contributed by atoms with E-state index in [1.54, 1.807) is 23.0 Å². The van der Waals surface area contributed by atoms with Gasteiger partial charge < -0.3 is 30.5 Å². The number of nitrogens with one attached hydrogen (secondary N) is 4. The maximum Gasteiger partial charge on any atom is 0.280 e. The average molecular weight is 837 g/mol. The second-order valence-corrected chi connectivity index (χ2v) is 16.3. The molecule has 4 aromatic rings. The van der Waals surface area contributed by atoms with Crippen molar-refractivity contribution in [2.75, 3.05) is 54.4 Å². The summed E-state index contributed by atoms with van der Waals surface area (Å²) in [6, 6.07) is 12.0. The summed E-state index contributed by atoms with van der Waals surface area (Å²) < 4.78 is 38.2. The maximum atomic E-state index is 15.1. The highest BCUT2D eigenvalue weighted by molar-refractivity contribution is 6.19. The van der Waals surface area contributed by atoms with Gasteiger partial charge in [0, 0.05) is 81.2 Å². The lowest BCUT2D eigenvalue weighted by Gasteiger charge is -2.33. The van der Waals surface area contributed by atoms with E-state index in [2.05, 4.69) is 54.2 Å². The molecule has 4 N–H and O–H groups in total. The Hall–Kier alpha value is -6.23. The number of ether oxygens (including phenoxy) is 1. The summed E-state index contributed by atoms with van der Waals surface area (Å²) in [7, 11) is 1.82. The Bertz CT molecular complexity index is 2370. The Labute approximate surface area is 352 Å². The molecule has 2 aromatic heterocycles. The first-order valence-electron chi connectivity index (χ1n) is 20.9. The molecule has 8 rings (SSSR count). The van der Waals surface area contributed by atoms with Crippen LogP contribution in [0, 0.1) is 30.4 Å². The topological polar surface area (TPSA) is 175 Å². The van der Waals surface area contributed by atoms with Gasteiger partial charge in [-0.1, -0.05) is 13.0 Å². The van der Waals surface area contributed by atoms with Gasteiger partial charge in [-0.15, -0.1) is 0 Å². The summed E-state index contributed by atoms with van der Waals surface area (Å²) in [5.74, 6) is -3.19. The minimum Gasteiger partial charge on any atom is -0.477 e. The van der Waals surface area contributed by atoms with E-state index in [-0.39, 0.29) is 42.1 Å². The van der Waals surface area contributed by atoms with E-state index in [9.17, 15) is 19.2 Å². The molecule has 4 aliphatic heterocycles. The predicted octanol–water partition coefficient (Wildman–Crippen LogP) is 4.95. The Balaban J connectivity index is 0.848. The highest BCUT2D eigenvalue weighted by atomic mass is 19.1. The van der Waals surface area contributed by atoms with Gasteiger partial charge in [0.25, 0.3) is 5.91 Å². The number of benzene rings is 2. The number of hydrogen-bond donors (Lipinski definition) is 4. The molecule has 4 aliphatic rings. The zero-order valence-corrected chi connectivity index (χ0v) is 34.5. The monoisotopic (exact) mass is 836 g/mol. The lowest BCUT2D eigenvalue weighted by molar-refractivity contribution is -0.134. The van der Waals surface area contributed by atoms with Gasteiger partial charge in [-0.05, 0) is 86.9 Å². The number of carbonyl (C=O) groups excluding carboxylic acids is 4. The zero-order valence-electron chi connectivity index (χ0n) is 34.5. The van der Waals surface area contributed by atoms with Gasteiger partial charge in [0.05, 0.1) is 41.4 Å². The van der Waals surface area contributed by atoms with Gasteiger partial charge in [0.2, 0.25) is 29.6 Å². The van der Waals surface area contributed by atoms with Crippen molar-refractivity contribution in [1.82, 2.24) is 30.7 Å². The molecule has 2 aromatic carbocycles. The van der Waals surface area contributed by atoms with E-state index < -0.39 is 29.4 Å². The molecule has 0 saturated carbocycles. The van der Waals surface area contributed by atoms with Crippen molar-refractivity contribution in [3.8, 4) is 17.1 Å². The van der Waals surface area contributed by atoms with E-state index in [1.165, 1.54) is 12.1 Å². The Morgan fingerprint density at radius 1 is 0.984 bits per heavy atom. The molecule has 0 spiro atoms. The van der Waals surface area contributed by atoms with Crippen molar-refractivity contribution < 1.29 is 32.7 Å². The van der Waals surface area contributed by atoms with Gasteiger partial charge in [-0.2, -0.15) is 10.1 Å². The van der Waals surface area contributed by atoms with Crippen molar-refractivity contribution >= 4 is 46.7 Å². The Kier molecular flexibility index (Phi) is 12.1. The molecule has 0 radical (unpaired) electrons. The molecule has 320 valence electrons. The van der Waals surface area contributed by atoms with Crippen LogP contribution in [0.25, 0.3) is 11.3 Å². The molecule has 2 bridgehead atoms. The number of pyridine rings is 1. The number of rotatable bonds is 8. The maximum absolute atomic E-state index is 15.1. The van der Waals surface area contributed by atoms with Gasteiger partial charge >= 0.3 is 0 Å². The fourth-order valence-electron chi connectivity index (χ4n) is 8.57. The lowest BCUT2D eigenvalue weighted by Crippen LogP contribution is -2.42. The average Bonchev–Trinajstić information content (AvgIpc) is 3.77. The van der Waals surface area contributed by atoms with Crippen LogP contribution in [0.5, 0.6) is 5.88 Å². The number of hydrogen-bond acceptors (Lipinski definition) is 11. The summed E-state index contributed by atoms with van der Waals surface area (Å²) in [5, 5.41) is 16.4. The number of nitrogens with zero attached hydrogens (tertiary/aromatic N) is 6. The molecule has 15 nitrogen and oxygen atoms in total. The van der Waals surface area contributed by atoms with E-state index in [0.29, 0.717) is 93.2 Å². The summed E-state index contributed by atoms with van der Waals surface area (Å²) in [4.78, 5) is 63.8. The number of anilines is 3. The van der Waals surface area contributed by atoms with Crippen LogP contribution in [-0.4, -0.2) is 83.7 Å². The largest absolute Gasteiger partial charge is 0.477 e. The summed E-state index contributed by atoms with van der Waals surface area (Å²) in [5.41, 5.74) is 5.26. The number of aromatic nitrogens is 3. The second-order valence-electron chi connectivity index (χ2n) is 16.3. The molecule has 0 unspecified atom stereocenters. The molecule has 17 heteroatoms. The fourth-order valence-corrected chi connectivity index (χ4v) is 8.57. The Morgan fingerprint density at radius 2 is 1.77 bits per heavy atom. The quantitative estimate of drug-likeness (QED) is 0.140. The van der Waals surface area contributed by atoms with Crippen LogP contribution < -0.4 is 35.8 Å². The van der Waals surface area contributed by atoms with E-state index in [1.807, 2.05) is 31.0 Å². The zero-order chi connectivity index (χ0) is 42.8. The number of carbonyl (C=O) groups is 4. The van der Waals surface area contributed by atoms with Crippen LogP contribution in [0.4, 0.5) is 25.8 Å². The predicted molar refractivity (Wildman–Crippen MR) is 225 cm³/mol. The van der Waals surface area contributed by atoms with Crippen LogP contribution in [-0.2, 0) is 28.0 Å².